The number of piperidine rings is 1. The van der Waals surface area contributed by atoms with Gasteiger partial charge in [0.15, 0.2) is 0 Å². The highest BCUT2D eigenvalue weighted by molar-refractivity contribution is 5.59. The predicted octanol–water partition coefficient (Wildman–Crippen LogP) is 1.17. The Bertz CT molecular complexity index is 132. The van der Waals surface area contributed by atoms with Crippen LogP contribution in [0.2, 0.25) is 0 Å². The number of hydrogen-bond donors (Lipinski definition) is 0. The molecule has 1 rings (SSSR count). The first-order chi connectivity index (χ1) is 5.33. The number of ether oxygens (including phenoxy) is 1. The molecular formula is C7H13NO3. The minimum Gasteiger partial charge on any atom is -0.436 e. The third-order valence-electron chi connectivity index (χ3n) is 1.69. The van der Waals surface area contributed by atoms with E-state index in [9.17, 15) is 4.79 Å². The molecule has 0 atom stereocenters. The fourth-order valence-electron chi connectivity index (χ4n) is 1.10. The number of methoxy groups -OCH3 is 1. The molecule has 0 aromatic heterocycles. The first kappa shape index (κ1) is 8.33. The summed E-state index contributed by atoms with van der Waals surface area (Å²) in [4.78, 5) is 15.4. The third kappa shape index (κ3) is 2.76. The lowest BCUT2D eigenvalue weighted by molar-refractivity contribution is -0.133. The Morgan fingerprint density at radius 1 is 1.27 bits per heavy atom. The molecule has 0 bridgehead atoms. The molecule has 4 nitrogen and oxygen atoms in total. The average molecular weight is 159 g/mol. The zero-order valence-electron chi connectivity index (χ0n) is 6.71. The molecule has 0 amide bonds. The van der Waals surface area contributed by atoms with Crippen molar-refractivity contribution in [1.29, 1.82) is 0 Å². The molecule has 1 saturated heterocycles. The SMILES string of the molecule is COC(=O)ON1CCCCC1. The van der Waals surface area contributed by atoms with Crippen LogP contribution in [-0.4, -0.2) is 31.4 Å². The predicted molar refractivity (Wildman–Crippen MR) is 38.9 cm³/mol. The van der Waals surface area contributed by atoms with E-state index in [1.165, 1.54) is 13.5 Å². The van der Waals surface area contributed by atoms with E-state index in [4.69, 9.17) is 4.84 Å². The van der Waals surface area contributed by atoms with Gasteiger partial charge < -0.3 is 9.57 Å². The second-order valence-electron chi connectivity index (χ2n) is 2.54. The molecule has 0 aromatic carbocycles. The van der Waals surface area contributed by atoms with Gasteiger partial charge in [0.25, 0.3) is 0 Å². The van der Waals surface area contributed by atoms with Crippen LogP contribution in [0.5, 0.6) is 0 Å². The van der Waals surface area contributed by atoms with E-state index in [0.717, 1.165) is 25.9 Å². The van der Waals surface area contributed by atoms with Crippen LogP contribution in [-0.2, 0) is 9.57 Å². The van der Waals surface area contributed by atoms with Gasteiger partial charge in [-0.05, 0) is 12.8 Å². The van der Waals surface area contributed by atoms with E-state index in [1.807, 2.05) is 0 Å². The second kappa shape index (κ2) is 4.18. The molecule has 1 aliphatic heterocycles. The number of nitrogens with zero attached hydrogens (tertiary/aromatic N) is 1. The Morgan fingerprint density at radius 2 is 1.91 bits per heavy atom. The van der Waals surface area contributed by atoms with Crippen molar-refractivity contribution in [3.63, 3.8) is 0 Å². The van der Waals surface area contributed by atoms with Crippen LogP contribution in [0.25, 0.3) is 0 Å². The molecule has 0 unspecified atom stereocenters. The molecule has 1 fully saturated rings. The lowest BCUT2D eigenvalue weighted by Crippen LogP contribution is -2.32. The van der Waals surface area contributed by atoms with Crippen LogP contribution in [0, 0.1) is 0 Å². The zero-order chi connectivity index (χ0) is 8.10. The molecular weight excluding hydrogens is 146 g/mol. The molecule has 1 heterocycles. The molecule has 0 aliphatic carbocycles. The number of carbonyl (C=O) groups is 1. The first-order valence-electron chi connectivity index (χ1n) is 3.84. The molecule has 4 heteroatoms. The van der Waals surface area contributed by atoms with Gasteiger partial charge in [-0.2, -0.15) is 0 Å². The zero-order valence-corrected chi connectivity index (χ0v) is 6.71. The summed E-state index contributed by atoms with van der Waals surface area (Å²) in [5, 5.41) is 1.65. The summed E-state index contributed by atoms with van der Waals surface area (Å²) < 4.78 is 4.35. The van der Waals surface area contributed by atoms with Gasteiger partial charge in [0.05, 0.1) is 7.11 Å². The summed E-state index contributed by atoms with van der Waals surface area (Å²) in [5.41, 5.74) is 0. The quantitative estimate of drug-likeness (QED) is 0.538. The van der Waals surface area contributed by atoms with E-state index in [2.05, 4.69) is 4.74 Å². The van der Waals surface area contributed by atoms with Crippen LogP contribution in [0.1, 0.15) is 19.3 Å². The first-order valence-corrected chi connectivity index (χ1v) is 3.84. The summed E-state index contributed by atoms with van der Waals surface area (Å²) in [7, 11) is 1.31. The molecule has 0 spiro atoms. The van der Waals surface area contributed by atoms with E-state index in [1.54, 1.807) is 5.06 Å². The maximum atomic E-state index is 10.6. The molecule has 0 saturated carbocycles. The minimum atomic E-state index is -0.619. The smallest absolute Gasteiger partial charge is 0.436 e. The Morgan fingerprint density at radius 3 is 2.45 bits per heavy atom. The molecule has 64 valence electrons. The van der Waals surface area contributed by atoms with Gasteiger partial charge in [0.1, 0.15) is 0 Å². The third-order valence-corrected chi connectivity index (χ3v) is 1.69. The van der Waals surface area contributed by atoms with Crippen LogP contribution < -0.4 is 0 Å². The van der Waals surface area contributed by atoms with Gasteiger partial charge in [-0.1, -0.05) is 6.42 Å². The fraction of sp³-hybridized carbons (Fsp3) is 0.857. The summed E-state index contributed by atoms with van der Waals surface area (Å²) in [6, 6.07) is 0. The molecule has 0 N–H and O–H groups in total. The fourth-order valence-corrected chi connectivity index (χ4v) is 1.10. The largest absolute Gasteiger partial charge is 0.527 e. The van der Waals surface area contributed by atoms with Crippen molar-refractivity contribution < 1.29 is 14.4 Å². The van der Waals surface area contributed by atoms with Gasteiger partial charge >= 0.3 is 6.16 Å². The van der Waals surface area contributed by atoms with E-state index in [-0.39, 0.29) is 0 Å². The monoisotopic (exact) mass is 159 g/mol. The standard InChI is InChI=1S/C7H13NO3/c1-10-7(9)11-8-5-3-2-4-6-8/h2-6H2,1H3. The van der Waals surface area contributed by atoms with Gasteiger partial charge in [-0.15, -0.1) is 5.06 Å². The van der Waals surface area contributed by atoms with Crippen molar-refractivity contribution in [2.75, 3.05) is 20.2 Å². The normalized spacial score (nSPS) is 19.4. The molecule has 11 heavy (non-hydrogen) atoms. The van der Waals surface area contributed by atoms with E-state index >= 15 is 0 Å². The average Bonchev–Trinajstić information content (AvgIpc) is 2.06. The van der Waals surface area contributed by atoms with Gasteiger partial charge in [-0.3, -0.25) is 0 Å². The molecule has 0 aromatic rings. The lowest BCUT2D eigenvalue weighted by Gasteiger charge is -2.23. The van der Waals surface area contributed by atoms with Crippen LogP contribution in [0.4, 0.5) is 4.79 Å². The number of hydroxylamine groups is 2. The van der Waals surface area contributed by atoms with Gasteiger partial charge in [-0.25, -0.2) is 4.79 Å². The number of hydrogen-bond acceptors (Lipinski definition) is 4. The number of rotatable bonds is 1. The van der Waals surface area contributed by atoms with Crippen molar-refractivity contribution in [1.82, 2.24) is 5.06 Å². The molecule has 1 aliphatic rings. The van der Waals surface area contributed by atoms with Crippen molar-refractivity contribution in [3.05, 3.63) is 0 Å². The Kier molecular flexibility index (Phi) is 3.16. The van der Waals surface area contributed by atoms with Crippen molar-refractivity contribution in [2.24, 2.45) is 0 Å². The van der Waals surface area contributed by atoms with E-state index in [0.29, 0.717) is 0 Å². The highest BCUT2D eigenvalue weighted by Gasteiger charge is 2.14. The highest BCUT2D eigenvalue weighted by Crippen LogP contribution is 2.08. The Balaban J connectivity index is 2.19. The Labute approximate surface area is 66.0 Å². The minimum absolute atomic E-state index is 0.619. The van der Waals surface area contributed by atoms with Crippen molar-refractivity contribution in [3.8, 4) is 0 Å². The summed E-state index contributed by atoms with van der Waals surface area (Å²) in [6.45, 7) is 1.66. The van der Waals surface area contributed by atoms with Crippen LogP contribution in [0.3, 0.4) is 0 Å². The highest BCUT2D eigenvalue weighted by atomic mass is 16.8. The summed E-state index contributed by atoms with van der Waals surface area (Å²) in [5.74, 6) is 0. The number of carbonyl (C=O) groups excluding carboxylic acids is 1. The van der Waals surface area contributed by atoms with Gasteiger partial charge in [0.2, 0.25) is 0 Å². The second-order valence-corrected chi connectivity index (χ2v) is 2.54. The van der Waals surface area contributed by atoms with Crippen molar-refractivity contribution in [2.45, 2.75) is 19.3 Å². The van der Waals surface area contributed by atoms with E-state index < -0.39 is 6.16 Å². The topological polar surface area (TPSA) is 38.8 Å². The van der Waals surface area contributed by atoms with Crippen LogP contribution in [0.15, 0.2) is 0 Å². The lowest BCUT2D eigenvalue weighted by atomic mass is 10.2. The summed E-state index contributed by atoms with van der Waals surface area (Å²) >= 11 is 0. The maximum Gasteiger partial charge on any atom is 0.527 e. The Hall–Kier alpha value is -0.770. The molecule has 0 radical (unpaired) electrons. The summed E-state index contributed by atoms with van der Waals surface area (Å²) in [6.07, 6.45) is 2.79. The maximum absolute atomic E-state index is 10.6. The van der Waals surface area contributed by atoms with Crippen molar-refractivity contribution >= 4 is 6.16 Å². The van der Waals surface area contributed by atoms with Crippen LogP contribution >= 0.6 is 0 Å². The van der Waals surface area contributed by atoms with Gasteiger partial charge in [0, 0.05) is 13.1 Å².